The highest BCUT2D eigenvalue weighted by Gasteiger charge is 2.38. The summed E-state index contributed by atoms with van der Waals surface area (Å²) in [5.41, 5.74) is 0.930. The molecule has 0 unspecified atom stereocenters. The average molecular weight is 387 g/mol. The van der Waals surface area contributed by atoms with E-state index < -0.39 is 0 Å². The fourth-order valence-corrected chi connectivity index (χ4v) is 4.12. The normalized spacial score (nSPS) is 22.5. The Morgan fingerprint density at radius 2 is 1.93 bits per heavy atom. The van der Waals surface area contributed by atoms with E-state index in [0.29, 0.717) is 32.4 Å². The van der Waals surface area contributed by atoms with E-state index in [0.717, 1.165) is 30.7 Å². The van der Waals surface area contributed by atoms with Gasteiger partial charge in [-0.3, -0.25) is 14.4 Å². The smallest absolute Gasteiger partial charge is 0.225 e. The third-order valence-corrected chi connectivity index (χ3v) is 5.73. The SMILES string of the molecule is COc1ccc([C@H]2[C@H](C(=O)NCCCN3CCCC3=O)CCC(=O)N2C)cc1. The summed E-state index contributed by atoms with van der Waals surface area (Å²) in [6.07, 6.45) is 3.22. The molecule has 2 atom stereocenters. The number of nitrogens with one attached hydrogen (secondary N) is 1. The first-order valence-corrected chi connectivity index (χ1v) is 9.96. The van der Waals surface area contributed by atoms with Gasteiger partial charge in [0, 0.05) is 39.5 Å². The molecule has 7 heteroatoms. The number of hydrogen-bond acceptors (Lipinski definition) is 4. The zero-order chi connectivity index (χ0) is 20.1. The van der Waals surface area contributed by atoms with Crippen LogP contribution in [0.3, 0.4) is 0 Å². The highest BCUT2D eigenvalue weighted by molar-refractivity contribution is 5.85. The molecule has 1 N–H and O–H groups in total. The summed E-state index contributed by atoms with van der Waals surface area (Å²) in [7, 11) is 3.37. The van der Waals surface area contributed by atoms with Gasteiger partial charge in [-0.2, -0.15) is 0 Å². The topological polar surface area (TPSA) is 79.0 Å². The van der Waals surface area contributed by atoms with Crippen LogP contribution in [0.1, 0.15) is 43.7 Å². The van der Waals surface area contributed by atoms with Gasteiger partial charge in [-0.25, -0.2) is 0 Å². The molecule has 0 bridgehead atoms. The summed E-state index contributed by atoms with van der Waals surface area (Å²) in [6.45, 7) is 2.04. The number of methoxy groups -OCH3 is 1. The van der Waals surface area contributed by atoms with E-state index in [4.69, 9.17) is 4.74 Å². The first-order chi connectivity index (χ1) is 13.5. The summed E-state index contributed by atoms with van der Waals surface area (Å²) < 4.78 is 5.21. The molecule has 2 saturated heterocycles. The Kier molecular flexibility index (Phi) is 6.54. The molecular formula is C21H29N3O4. The Hall–Kier alpha value is -2.57. The average Bonchev–Trinajstić information content (AvgIpc) is 3.12. The van der Waals surface area contributed by atoms with E-state index in [-0.39, 0.29) is 29.7 Å². The minimum Gasteiger partial charge on any atom is -0.497 e. The molecular weight excluding hydrogens is 358 g/mol. The van der Waals surface area contributed by atoms with Crippen molar-refractivity contribution in [3.63, 3.8) is 0 Å². The lowest BCUT2D eigenvalue weighted by Gasteiger charge is -2.38. The number of ether oxygens (including phenoxy) is 1. The quantitative estimate of drug-likeness (QED) is 0.723. The van der Waals surface area contributed by atoms with Crippen molar-refractivity contribution in [2.24, 2.45) is 5.92 Å². The van der Waals surface area contributed by atoms with Crippen LogP contribution in [-0.2, 0) is 14.4 Å². The van der Waals surface area contributed by atoms with Gasteiger partial charge in [0.05, 0.1) is 19.1 Å². The minimum atomic E-state index is -0.287. The van der Waals surface area contributed by atoms with Crippen LogP contribution >= 0.6 is 0 Å². The first kappa shape index (κ1) is 20.2. The highest BCUT2D eigenvalue weighted by Crippen LogP contribution is 2.36. The molecule has 0 aliphatic carbocycles. The minimum absolute atomic E-state index is 0.0343. The van der Waals surface area contributed by atoms with Crippen LogP contribution in [0.4, 0.5) is 0 Å². The second kappa shape index (κ2) is 9.08. The van der Waals surface area contributed by atoms with Gasteiger partial charge >= 0.3 is 0 Å². The van der Waals surface area contributed by atoms with Gasteiger partial charge in [0.1, 0.15) is 5.75 Å². The fourth-order valence-electron chi connectivity index (χ4n) is 4.12. The van der Waals surface area contributed by atoms with Crippen molar-refractivity contribution in [3.8, 4) is 5.75 Å². The van der Waals surface area contributed by atoms with Crippen molar-refractivity contribution in [3.05, 3.63) is 29.8 Å². The van der Waals surface area contributed by atoms with E-state index in [1.807, 2.05) is 29.2 Å². The number of piperidine rings is 1. The maximum atomic E-state index is 12.9. The van der Waals surface area contributed by atoms with Gasteiger partial charge in [0.15, 0.2) is 0 Å². The number of nitrogens with zero attached hydrogens (tertiary/aromatic N) is 2. The molecule has 0 saturated carbocycles. The maximum Gasteiger partial charge on any atom is 0.225 e. The van der Waals surface area contributed by atoms with E-state index in [1.165, 1.54) is 0 Å². The Morgan fingerprint density at radius 3 is 2.57 bits per heavy atom. The molecule has 3 rings (SSSR count). The van der Waals surface area contributed by atoms with E-state index >= 15 is 0 Å². The van der Waals surface area contributed by atoms with Gasteiger partial charge in [-0.1, -0.05) is 12.1 Å². The molecule has 1 aromatic rings. The molecule has 3 amide bonds. The van der Waals surface area contributed by atoms with Crippen LogP contribution < -0.4 is 10.1 Å². The maximum absolute atomic E-state index is 12.9. The predicted octanol–water partition coefficient (Wildman–Crippen LogP) is 1.73. The number of hydrogen-bond donors (Lipinski definition) is 1. The van der Waals surface area contributed by atoms with Gasteiger partial charge in [0.2, 0.25) is 17.7 Å². The number of benzene rings is 1. The first-order valence-electron chi connectivity index (χ1n) is 9.96. The van der Waals surface area contributed by atoms with Gasteiger partial charge in [0.25, 0.3) is 0 Å². The molecule has 2 aliphatic heterocycles. The molecule has 152 valence electrons. The lowest BCUT2D eigenvalue weighted by Crippen LogP contribution is -2.46. The molecule has 0 radical (unpaired) electrons. The van der Waals surface area contributed by atoms with Crippen molar-refractivity contribution < 1.29 is 19.1 Å². The fraction of sp³-hybridized carbons (Fsp3) is 0.571. The summed E-state index contributed by atoms with van der Waals surface area (Å²) in [6, 6.07) is 7.25. The monoisotopic (exact) mass is 387 g/mol. The Bertz CT molecular complexity index is 719. The predicted molar refractivity (Wildman–Crippen MR) is 105 cm³/mol. The van der Waals surface area contributed by atoms with Crippen LogP contribution in [0.2, 0.25) is 0 Å². The Balaban J connectivity index is 1.60. The molecule has 28 heavy (non-hydrogen) atoms. The highest BCUT2D eigenvalue weighted by atomic mass is 16.5. The number of rotatable bonds is 7. The van der Waals surface area contributed by atoms with Crippen LogP contribution in [-0.4, -0.2) is 61.3 Å². The third-order valence-electron chi connectivity index (χ3n) is 5.73. The summed E-state index contributed by atoms with van der Waals surface area (Å²) in [4.78, 5) is 40.3. The number of carbonyl (C=O) groups excluding carboxylic acids is 3. The number of likely N-dealkylation sites (tertiary alicyclic amines) is 2. The summed E-state index contributed by atoms with van der Waals surface area (Å²) in [5.74, 6) is 0.680. The van der Waals surface area contributed by atoms with Crippen molar-refractivity contribution in [1.29, 1.82) is 0 Å². The molecule has 1 aromatic carbocycles. The Morgan fingerprint density at radius 1 is 1.18 bits per heavy atom. The Labute approximate surface area is 166 Å². The number of carbonyl (C=O) groups is 3. The number of amides is 3. The van der Waals surface area contributed by atoms with Crippen LogP contribution in [0.5, 0.6) is 5.75 Å². The van der Waals surface area contributed by atoms with Crippen LogP contribution in [0.15, 0.2) is 24.3 Å². The van der Waals surface area contributed by atoms with Gasteiger partial charge in [-0.15, -0.1) is 0 Å². The molecule has 0 aromatic heterocycles. The third kappa shape index (κ3) is 4.46. The lowest BCUT2D eigenvalue weighted by atomic mass is 9.84. The zero-order valence-corrected chi connectivity index (χ0v) is 16.6. The van der Waals surface area contributed by atoms with Crippen LogP contribution in [0.25, 0.3) is 0 Å². The molecule has 0 spiro atoms. The van der Waals surface area contributed by atoms with Crippen molar-refractivity contribution in [1.82, 2.24) is 15.1 Å². The molecule has 2 heterocycles. The standard InChI is InChI=1S/C21H29N3O4/c1-23-18(25)11-10-17(20(23)15-6-8-16(28-2)9-7-15)21(27)22-12-4-14-24-13-3-5-19(24)26/h6-9,17,20H,3-5,10-14H2,1-2H3,(H,22,27)/t17-,20+/m1/s1. The lowest BCUT2D eigenvalue weighted by molar-refractivity contribution is -0.141. The van der Waals surface area contributed by atoms with Gasteiger partial charge in [-0.05, 0) is 37.0 Å². The largest absolute Gasteiger partial charge is 0.497 e. The van der Waals surface area contributed by atoms with Crippen molar-refractivity contribution in [2.75, 3.05) is 33.8 Å². The second-order valence-electron chi connectivity index (χ2n) is 7.50. The second-order valence-corrected chi connectivity index (χ2v) is 7.50. The van der Waals surface area contributed by atoms with E-state index in [2.05, 4.69) is 5.32 Å². The summed E-state index contributed by atoms with van der Waals surface area (Å²) >= 11 is 0. The van der Waals surface area contributed by atoms with Crippen molar-refractivity contribution >= 4 is 17.7 Å². The van der Waals surface area contributed by atoms with E-state index in [9.17, 15) is 14.4 Å². The van der Waals surface area contributed by atoms with Crippen LogP contribution in [0, 0.1) is 5.92 Å². The summed E-state index contributed by atoms with van der Waals surface area (Å²) in [5, 5.41) is 3.01. The molecule has 2 fully saturated rings. The zero-order valence-electron chi connectivity index (χ0n) is 16.6. The molecule has 2 aliphatic rings. The van der Waals surface area contributed by atoms with E-state index in [1.54, 1.807) is 19.1 Å². The van der Waals surface area contributed by atoms with Gasteiger partial charge < -0.3 is 19.9 Å². The molecule has 7 nitrogen and oxygen atoms in total. The van der Waals surface area contributed by atoms with Crippen molar-refractivity contribution in [2.45, 2.75) is 38.1 Å².